The number of nitrogens with zero attached hydrogens (tertiary/aromatic N) is 2. The van der Waals surface area contributed by atoms with Crippen LogP contribution in [0.25, 0.3) is 0 Å². The zero-order valence-electron chi connectivity index (χ0n) is 10.1. The fourth-order valence-electron chi connectivity index (χ4n) is 3.99. The first-order valence-corrected chi connectivity index (χ1v) is 6.91. The van der Waals surface area contributed by atoms with Gasteiger partial charge in [0.2, 0.25) is 5.89 Å². The maximum Gasteiger partial charge on any atom is 0.230 e. The molecule has 4 nitrogen and oxygen atoms in total. The predicted octanol–water partition coefficient (Wildman–Crippen LogP) is 2.31. The van der Waals surface area contributed by atoms with E-state index in [4.69, 9.17) is 10.3 Å². The van der Waals surface area contributed by atoms with E-state index in [0.717, 1.165) is 36.4 Å². The summed E-state index contributed by atoms with van der Waals surface area (Å²) in [4.78, 5) is 4.61. The molecule has 4 rings (SSSR count). The maximum atomic E-state index is 6.35. The van der Waals surface area contributed by atoms with Crippen LogP contribution in [0.1, 0.15) is 62.6 Å². The molecule has 0 aliphatic heterocycles. The predicted molar refractivity (Wildman–Crippen MR) is 62.2 cm³/mol. The Hall–Kier alpha value is -0.900. The van der Waals surface area contributed by atoms with Gasteiger partial charge >= 0.3 is 0 Å². The molecule has 2 unspecified atom stereocenters. The summed E-state index contributed by atoms with van der Waals surface area (Å²) in [5.41, 5.74) is 6.05. The third kappa shape index (κ3) is 1.39. The lowest BCUT2D eigenvalue weighted by atomic mass is 9.98. The van der Waals surface area contributed by atoms with Crippen molar-refractivity contribution in [1.29, 1.82) is 0 Å². The van der Waals surface area contributed by atoms with Crippen molar-refractivity contribution in [1.82, 2.24) is 10.1 Å². The molecule has 4 heteroatoms. The summed E-state index contributed by atoms with van der Waals surface area (Å²) in [5.74, 6) is 3.86. The summed E-state index contributed by atoms with van der Waals surface area (Å²) in [5, 5.41) is 4.15. The number of fused-ring (bicyclic) bond motifs is 1. The van der Waals surface area contributed by atoms with Gasteiger partial charge in [-0.15, -0.1) is 0 Å². The van der Waals surface area contributed by atoms with E-state index in [-0.39, 0.29) is 5.54 Å². The molecule has 3 fully saturated rings. The molecule has 0 amide bonds. The van der Waals surface area contributed by atoms with Gasteiger partial charge in [-0.3, -0.25) is 0 Å². The minimum atomic E-state index is -0.300. The molecule has 0 saturated heterocycles. The van der Waals surface area contributed by atoms with Gasteiger partial charge in [0, 0.05) is 5.92 Å². The summed E-state index contributed by atoms with van der Waals surface area (Å²) in [7, 11) is 0. The van der Waals surface area contributed by atoms with Crippen LogP contribution in [-0.4, -0.2) is 10.1 Å². The second-order valence-electron chi connectivity index (χ2n) is 6.10. The van der Waals surface area contributed by atoms with Crippen molar-refractivity contribution in [3.8, 4) is 0 Å². The van der Waals surface area contributed by atoms with E-state index < -0.39 is 0 Å². The second kappa shape index (κ2) is 3.31. The van der Waals surface area contributed by atoms with Crippen molar-refractivity contribution in [2.45, 2.75) is 56.4 Å². The van der Waals surface area contributed by atoms with Crippen LogP contribution in [0.15, 0.2) is 4.52 Å². The van der Waals surface area contributed by atoms with Gasteiger partial charge in [0.25, 0.3) is 0 Å². The first-order valence-electron chi connectivity index (χ1n) is 6.91. The average molecular weight is 233 g/mol. The summed E-state index contributed by atoms with van der Waals surface area (Å²) in [6.07, 6.45) is 8.46. The minimum Gasteiger partial charge on any atom is -0.339 e. The van der Waals surface area contributed by atoms with Crippen LogP contribution in [0.5, 0.6) is 0 Å². The van der Waals surface area contributed by atoms with Gasteiger partial charge in [0.1, 0.15) is 0 Å². The summed E-state index contributed by atoms with van der Waals surface area (Å²) < 4.78 is 5.46. The third-order valence-electron chi connectivity index (χ3n) is 5.07. The molecule has 1 aromatic heterocycles. The maximum absolute atomic E-state index is 6.35. The van der Waals surface area contributed by atoms with Crippen molar-refractivity contribution in [3.05, 3.63) is 11.7 Å². The second-order valence-corrected chi connectivity index (χ2v) is 6.10. The van der Waals surface area contributed by atoms with E-state index in [0.29, 0.717) is 5.92 Å². The SMILES string of the molecule is NC1(c2noc(C3C4CCCC43)n2)CCCC1. The Morgan fingerprint density at radius 3 is 2.53 bits per heavy atom. The lowest BCUT2D eigenvalue weighted by Gasteiger charge is -2.17. The smallest absolute Gasteiger partial charge is 0.230 e. The number of aromatic nitrogens is 2. The number of rotatable bonds is 2. The Balaban J connectivity index is 1.57. The topological polar surface area (TPSA) is 64.9 Å². The minimum absolute atomic E-state index is 0.300. The fraction of sp³-hybridized carbons (Fsp3) is 0.846. The van der Waals surface area contributed by atoms with Crippen molar-refractivity contribution in [2.75, 3.05) is 0 Å². The molecule has 0 bridgehead atoms. The first-order chi connectivity index (χ1) is 8.28. The van der Waals surface area contributed by atoms with E-state index in [9.17, 15) is 0 Å². The van der Waals surface area contributed by atoms with Crippen LogP contribution in [0.2, 0.25) is 0 Å². The van der Waals surface area contributed by atoms with Crippen LogP contribution < -0.4 is 5.73 Å². The molecule has 2 atom stereocenters. The highest BCUT2D eigenvalue weighted by molar-refractivity contribution is 5.17. The zero-order valence-corrected chi connectivity index (χ0v) is 10.1. The van der Waals surface area contributed by atoms with Gasteiger partial charge in [-0.25, -0.2) is 0 Å². The fourth-order valence-corrected chi connectivity index (χ4v) is 3.99. The van der Waals surface area contributed by atoms with Crippen molar-refractivity contribution in [2.24, 2.45) is 17.6 Å². The third-order valence-corrected chi connectivity index (χ3v) is 5.07. The molecular formula is C13H19N3O. The number of hydrogen-bond acceptors (Lipinski definition) is 4. The molecule has 1 aromatic rings. The molecule has 92 valence electrons. The summed E-state index contributed by atoms with van der Waals surface area (Å²) in [6.45, 7) is 0. The highest BCUT2D eigenvalue weighted by Crippen LogP contribution is 2.62. The molecule has 3 aliphatic carbocycles. The lowest BCUT2D eigenvalue weighted by Crippen LogP contribution is -2.34. The van der Waals surface area contributed by atoms with E-state index in [1.807, 2.05) is 0 Å². The lowest BCUT2D eigenvalue weighted by molar-refractivity contribution is 0.342. The molecule has 17 heavy (non-hydrogen) atoms. The first kappa shape index (κ1) is 10.1. The largest absolute Gasteiger partial charge is 0.339 e. The molecule has 0 aromatic carbocycles. The Morgan fingerprint density at radius 2 is 1.82 bits per heavy atom. The van der Waals surface area contributed by atoms with Crippen LogP contribution in [0.4, 0.5) is 0 Å². The van der Waals surface area contributed by atoms with Gasteiger partial charge in [-0.05, 0) is 37.5 Å². The molecule has 2 N–H and O–H groups in total. The van der Waals surface area contributed by atoms with Crippen LogP contribution >= 0.6 is 0 Å². The Kier molecular flexibility index (Phi) is 1.96. The summed E-state index contributed by atoms with van der Waals surface area (Å²) >= 11 is 0. The number of hydrogen-bond donors (Lipinski definition) is 1. The Bertz CT molecular complexity index is 426. The van der Waals surface area contributed by atoms with Crippen LogP contribution in [-0.2, 0) is 5.54 Å². The van der Waals surface area contributed by atoms with E-state index in [1.54, 1.807) is 0 Å². The van der Waals surface area contributed by atoms with E-state index in [1.165, 1.54) is 32.1 Å². The Labute approximate surface area is 101 Å². The highest BCUT2D eigenvalue weighted by atomic mass is 16.5. The highest BCUT2D eigenvalue weighted by Gasteiger charge is 2.56. The van der Waals surface area contributed by atoms with Gasteiger partial charge in [0.15, 0.2) is 5.82 Å². The van der Waals surface area contributed by atoms with Gasteiger partial charge in [0.05, 0.1) is 5.54 Å². The van der Waals surface area contributed by atoms with Crippen molar-refractivity contribution >= 4 is 0 Å². The zero-order chi connectivity index (χ0) is 11.5. The number of nitrogens with two attached hydrogens (primary N) is 1. The standard InChI is InChI=1S/C13H19N3O/c14-13(6-1-2-7-13)12-15-11(17-16-12)10-8-4-3-5-9(8)10/h8-10H,1-7,14H2. The van der Waals surface area contributed by atoms with E-state index in [2.05, 4.69) is 10.1 Å². The van der Waals surface area contributed by atoms with Crippen molar-refractivity contribution in [3.63, 3.8) is 0 Å². The molecule has 1 heterocycles. The molecule has 3 saturated carbocycles. The van der Waals surface area contributed by atoms with Gasteiger partial charge in [-0.1, -0.05) is 24.4 Å². The quantitative estimate of drug-likeness (QED) is 0.851. The average Bonchev–Trinajstić information content (AvgIpc) is 2.84. The van der Waals surface area contributed by atoms with E-state index >= 15 is 0 Å². The summed E-state index contributed by atoms with van der Waals surface area (Å²) in [6, 6.07) is 0. The van der Waals surface area contributed by atoms with Gasteiger partial charge in [-0.2, -0.15) is 4.98 Å². The Morgan fingerprint density at radius 1 is 1.12 bits per heavy atom. The molecular weight excluding hydrogens is 214 g/mol. The van der Waals surface area contributed by atoms with Crippen LogP contribution in [0, 0.1) is 11.8 Å². The molecule has 0 spiro atoms. The van der Waals surface area contributed by atoms with Crippen LogP contribution in [0.3, 0.4) is 0 Å². The molecule has 0 radical (unpaired) electrons. The normalized spacial score (nSPS) is 38.3. The van der Waals surface area contributed by atoms with Crippen molar-refractivity contribution < 1.29 is 4.52 Å². The monoisotopic (exact) mass is 233 g/mol. The molecule has 3 aliphatic rings. The van der Waals surface area contributed by atoms with Gasteiger partial charge < -0.3 is 10.3 Å².